The van der Waals surface area contributed by atoms with Crippen LogP contribution in [0.1, 0.15) is 44.4 Å². The van der Waals surface area contributed by atoms with E-state index in [1.54, 1.807) is 0 Å². The van der Waals surface area contributed by atoms with Gasteiger partial charge in [-0.1, -0.05) is 31.2 Å². The average Bonchev–Trinajstić information content (AvgIpc) is 2.28. The van der Waals surface area contributed by atoms with E-state index in [0.717, 1.165) is 11.1 Å². The Morgan fingerprint density at radius 1 is 1.33 bits per heavy atom. The Morgan fingerprint density at radius 3 is 2.27 bits per heavy atom. The molecule has 0 saturated carbocycles. The minimum absolute atomic E-state index is 0.399. The molecule has 0 aromatic heterocycles. The van der Waals surface area contributed by atoms with Crippen molar-refractivity contribution in [3.63, 3.8) is 0 Å². The van der Waals surface area contributed by atoms with Crippen molar-refractivity contribution >= 4 is 0 Å². The smallest absolute Gasteiger partial charge is 0.0787 e. The number of aliphatic hydroxyl groups excluding tert-OH is 1. The van der Waals surface area contributed by atoms with Crippen LogP contribution in [0.2, 0.25) is 0 Å². The molecule has 0 aliphatic rings. The zero-order chi connectivity index (χ0) is 11.5. The first-order valence-electron chi connectivity index (χ1n) is 5.21. The van der Waals surface area contributed by atoms with E-state index in [1.807, 2.05) is 45.0 Å². The van der Waals surface area contributed by atoms with E-state index in [2.05, 4.69) is 6.07 Å². The minimum atomic E-state index is -0.463. The lowest BCUT2D eigenvalue weighted by Crippen LogP contribution is -2.13. The van der Waals surface area contributed by atoms with Crippen LogP contribution in [0.4, 0.5) is 0 Å². The van der Waals surface area contributed by atoms with Crippen LogP contribution in [0.25, 0.3) is 0 Å². The average molecular weight is 203 g/mol. The van der Waals surface area contributed by atoms with Crippen LogP contribution < -0.4 is 0 Å². The fourth-order valence-corrected chi connectivity index (χ4v) is 1.42. The van der Waals surface area contributed by atoms with E-state index >= 15 is 0 Å². The zero-order valence-corrected chi connectivity index (χ0v) is 9.49. The molecule has 1 rings (SSSR count). The molecule has 0 bridgehead atoms. The third kappa shape index (κ3) is 2.57. The van der Waals surface area contributed by atoms with Crippen LogP contribution in [-0.4, -0.2) is 5.11 Å². The number of aliphatic hydroxyl groups is 1. The first-order valence-corrected chi connectivity index (χ1v) is 5.21. The van der Waals surface area contributed by atoms with Gasteiger partial charge in [-0.3, -0.25) is 0 Å². The largest absolute Gasteiger partial charge is 0.388 e. The van der Waals surface area contributed by atoms with Crippen molar-refractivity contribution in [3.05, 3.63) is 35.4 Å². The summed E-state index contributed by atoms with van der Waals surface area (Å²) in [4.78, 5) is 0. The van der Waals surface area contributed by atoms with Crippen LogP contribution in [0, 0.1) is 11.3 Å². The molecule has 2 heteroatoms. The van der Waals surface area contributed by atoms with Crippen molar-refractivity contribution in [1.82, 2.24) is 0 Å². The number of nitriles is 1. The van der Waals surface area contributed by atoms with E-state index in [9.17, 15) is 5.11 Å². The van der Waals surface area contributed by atoms with Crippen molar-refractivity contribution < 1.29 is 5.11 Å². The molecule has 0 spiro atoms. The Kier molecular flexibility index (Phi) is 3.49. The summed E-state index contributed by atoms with van der Waals surface area (Å²) in [7, 11) is 0. The van der Waals surface area contributed by atoms with Gasteiger partial charge in [0.15, 0.2) is 0 Å². The molecule has 1 aromatic rings. The molecule has 15 heavy (non-hydrogen) atoms. The highest BCUT2D eigenvalue weighted by molar-refractivity contribution is 5.33. The van der Waals surface area contributed by atoms with E-state index < -0.39 is 11.5 Å². The molecule has 2 nitrogen and oxygen atoms in total. The summed E-state index contributed by atoms with van der Waals surface area (Å²) in [5.74, 6) is 0. The maximum atomic E-state index is 9.62. The van der Waals surface area contributed by atoms with Crippen molar-refractivity contribution in [2.75, 3.05) is 0 Å². The predicted octanol–water partition coefficient (Wildman–Crippen LogP) is 2.93. The lowest BCUT2D eigenvalue weighted by Gasteiger charge is -2.16. The second kappa shape index (κ2) is 4.46. The molecule has 0 amide bonds. The van der Waals surface area contributed by atoms with E-state index in [1.165, 1.54) is 0 Å². The molecule has 0 fully saturated rings. The summed E-state index contributed by atoms with van der Waals surface area (Å²) in [6, 6.07) is 9.87. The van der Waals surface area contributed by atoms with Gasteiger partial charge in [0, 0.05) is 0 Å². The molecule has 0 heterocycles. The fourth-order valence-electron chi connectivity index (χ4n) is 1.42. The van der Waals surface area contributed by atoms with Gasteiger partial charge in [0.1, 0.15) is 0 Å². The highest BCUT2D eigenvalue weighted by atomic mass is 16.3. The molecule has 1 aromatic carbocycles. The number of hydrogen-bond acceptors (Lipinski definition) is 2. The standard InChI is InChI=1S/C13H17NO/c1-4-12(15)10-5-7-11(8-6-10)13(2,3)9-14/h5-8,12,15H,4H2,1-3H3. The molecule has 0 aliphatic heterocycles. The van der Waals surface area contributed by atoms with Crippen molar-refractivity contribution in [1.29, 1.82) is 5.26 Å². The minimum Gasteiger partial charge on any atom is -0.388 e. The molecule has 1 unspecified atom stereocenters. The van der Waals surface area contributed by atoms with E-state index in [0.29, 0.717) is 6.42 Å². The summed E-state index contributed by atoms with van der Waals surface area (Å²) < 4.78 is 0. The second-order valence-corrected chi connectivity index (χ2v) is 4.28. The SMILES string of the molecule is CCC(O)c1ccc(C(C)(C)C#N)cc1. The van der Waals surface area contributed by atoms with Gasteiger partial charge in [-0.05, 0) is 31.4 Å². The Bertz CT molecular complexity index is 359. The summed E-state index contributed by atoms with van der Waals surface area (Å²) >= 11 is 0. The quantitative estimate of drug-likeness (QED) is 0.820. The number of hydrogen-bond donors (Lipinski definition) is 1. The van der Waals surface area contributed by atoms with Gasteiger partial charge in [0.05, 0.1) is 17.6 Å². The second-order valence-electron chi connectivity index (χ2n) is 4.28. The van der Waals surface area contributed by atoms with Crippen molar-refractivity contribution in [2.24, 2.45) is 0 Å². The molecule has 0 aliphatic carbocycles. The van der Waals surface area contributed by atoms with Crippen LogP contribution >= 0.6 is 0 Å². The molecule has 0 radical (unpaired) electrons. The van der Waals surface area contributed by atoms with Crippen molar-refractivity contribution in [2.45, 2.75) is 38.7 Å². The lowest BCUT2D eigenvalue weighted by molar-refractivity contribution is 0.173. The molecule has 80 valence electrons. The first kappa shape index (κ1) is 11.7. The summed E-state index contributed by atoms with van der Waals surface area (Å²) in [6.07, 6.45) is 0.310. The van der Waals surface area contributed by atoms with Gasteiger partial charge in [0.2, 0.25) is 0 Å². The summed E-state index contributed by atoms with van der Waals surface area (Å²) in [6.45, 7) is 5.72. The first-order chi connectivity index (χ1) is 7.01. The van der Waals surface area contributed by atoms with Gasteiger partial charge >= 0.3 is 0 Å². The third-order valence-electron chi connectivity index (χ3n) is 2.68. The summed E-state index contributed by atoms with van der Waals surface area (Å²) in [5, 5.41) is 18.6. The highest BCUT2D eigenvalue weighted by Crippen LogP contribution is 2.24. The van der Waals surface area contributed by atoms with Gasteiger partial charge in [-0.15, -0.1) is 0 Å². The summed E-state index contributed by atoms with van der Waals surface area (Å²) in [5.41, 5.74) is 1.43. The number of nitrogens with zero attached hydrogens (tertiary/aromatic N) is 1. The fraction of sp³-hybridized carbons (Fsp3) is 0.462. The van der Waals surface area contributed by atoms with Crippen molar-refractivity contribution in [3.8, 4) is 6.07 Å². The molecule has 1 atom stereocenters. The Balaban J connectivity index is 2.96. The van der Waals surface area contributed by atoms with Gasteiger partial charge in [0.25, 0.3) is 0 Å². The third-order valence-corrected chi connectivity index (χ3v) is 2.68. The molecular formula is C13H17NO. The highest BCUT2D eigenvalue weighted by Gasteiger charge is 2.19. The van der Waals surface area contributed by atoms with Crippen LogP contribution in [0.3, 0.4) is 0 Å². The Hall–Kier alpha value is -1.33. The van der Waals surface area contributed by atoms with Crippen LogP contribution in [0.5, 0.6) is 0 Å². The number of rotatable bonds is 3. The zero-order valence-electron chi connectivity index (χ0n) is 9.49. The Labute approximate surface area is 91.2 Å². The van der Waals surface area contributed by atoms with Crippen LogP contribution in [0.15, 0.2) is 24.3 Å². The van der Waals surface area contributed by atoms with E-state index in [-0.39, 0.29) is 0 Å². The lowest BCUT2D eigenvalue weighted by atomic mass is 9.85. The van der Waals surface area contributed by atoms with Crippen LogP contribution in [-0.2, 0) is 5.41 Å². The van der Waals surface area contributed by atoms with Gasteiger partial charge in [-0.25, -0.2) is 0 Å². The Morgan fingerprint density at radius 2 is 1.87 bits per heavy atom. The normalized spacial score (nSPS) is 13.3. The monoisotopic (exact) mass is 203 g/mol. The van der Waals surface area contributed by atoms with Gasteiger partial charge in [-0.2, -0.15) is 5.26 Å². The number of benzene rings is 1. The molecule has 0 saturated heterocycles. The predicted molar refractivity (Wildman–Crippen MR) is 60.3 cm³/mol. The maximum Gasteiger partial charge on any atom is 0.0787 e. The maximum absolute atomic E-state index is 9.62. The van der Waals surface area contributed by atoms with E-state index in [4.69, 9.17) is 5.26 Å². The molecule has 1 N–H and O–H groups in total. The molecular weight excluding hydrogens is 186 g/mol. The van der Waals surface area contributed by atoms with Gasteiger partial charge < -0.3 is 5.11 Å². The topological polar surface area (TPSA) is 44.0 Å².